The summed E-state index contributed by atoms with van der Waals surface area (Å²) in [5.41, 5.74) is 1.02. The van der Waals surface area contributed by atoms with Crippen molar-refractivity contribution in [3.63, 3.8) is 0 Å². The molecule has 0 unspecified atom stereocenters. The Balaban J connectivity index is 2.01. The normalized spacial score (nSPS) is 12.2. The maximum atomic E-state index is 12.1. The Hall–Kier alpha value is -1.38. The second-order valence-electron chi connectivity index (χ2n) is 5.27. The molecule has 25 heavy (non-hydrogen) atoms. The SMILES string of the molecule is CCN(CC)C(=O)CSc1nnc(S[C@H](C)c2ccccc2Cl)n1N. The molecular formula is C16H22ClN5OS2. The van der Waals surface area contributed by atoms with Crippen LogP contribution in [0.15, 0.2) is 34.6 Å². The van der Waals surface area contributed by atoms with Crippen LogP contribution in [0, 0.1) is 0 Å². The van der Waals surface area contributed by atoms with Gasteiger partial charge in [0, 0.05) is 23.4 Å². The summed E-state index contributed by atoms with van der Waals surface area (Å²) in [5.74, 6) is 6.45. The van der Waals surface area contributed by atoms with E-state index in [-0.39, 0.29) is 11.2 Å². The van der Waals surface area contributed by atoms with Crippen molar-refractivity contribution >= 4 is 41.0 Å². The molecule has 0 saturated carbocycles. The number of hydrogen-bond acceptors (Lipinski definition) is 6. The molecule has 0 radical (unpaired) electrons. The molecule has 1 heterocycles. The molecule has 2 aromatic rings. The third-order valence-electron chi connectivity index (χ3n) is 3.70. The summed E-state index contributed by atoms with van der Waals surface area (Å²) in [6, 6.07) is 7.69. The Morgan fingerprint density at radius 3 is 2.56 bits per heavy atom. The van der Waals surface area contributed by atoms with E-state index in [4.69, 9.17) is 17.4 Å². The quantitative estimate of drug-likeness (QED) is 0.541. The number of carbonyl (C=O) groups is 1. The van der Waals surface area contributed by atoms with Crippen molar-refractivity contribution in [3.05, 3.63) is 34.9 Å². The van der Waals surface area contributed by atoms with Crippen LogP contribution < -0.4 is 5.84 Å². The van der Waals surface area contributed by atoms with Crippen LogP contribution in [-0.2, 0) is 4.79 Å². The number of aromatic nitrogens is 3. The third kappa shape index (κ3) is 5.05. The fourth-order valence-electron chi connectivity index (χ4n) is 2.26. The van der Waals surface area contributed by atoms with E-state index in [1.165, 1.54) is 28.2 Å². The smallest absolute Gasteiger partial charge is 0.233 e. The molecule has 2 N–H and O–H groups in total. The zero-order chi connectivity index (χ0) is 18.4. The number of benzene rings is 1. The Morgan fingerprint density at radius 1 is 1.28 bits per heavy atom. The lowest BCUT2D eigenvalue weighted by atomic mass is 10.2. The van der Waals surface area contributed by atoms with Gasteiger partial charge in [0.15, 0.2) is 0 Å². The van der Waals surface area contributed by atoms with E-state index in [2.05, 4.69) is 10.2 Å². The van der Waals surface area contributed by atoms with Crippen molar-refractivity contribution in [2.75, 3.05) is 24.7 Å². The highest BCUT2D eigenvalue weighted by Crippen LogP contribution is 2.37. The molecule has 0 saturated heterocycles. The number of thioether (sulfide) groups is 2. The molecule has 0 bridgehead atoms. The lowest BCUT2D eigenvalue weighted by molar-refractivity contribution is -0.127. The minimum absolute atomic E-state index is 0.0663. The van der Waals surface area contributed by atoms with Crippen molar-refractivity contribution in [2.45, 2.75) is 36.3 Å². The van der Waals surface area contributed by atoms with Crippen LogP contribution in [0.4, 0.5) is 0 Å². The first kappa shape index (κ1) is 19.9. The summed E-state index contributed by atoms with van der Waals surface area (Å²) in [5, 5.41) is 10.1. The molecule has 1 aromatic carbocycles. The number of nitrogens with two attached hydrogens (primary N) is 1. The van der Waals surface area contributed by atoms with Gasteiger partial charge in [-0.15, -0.1) is 10.2 Å². The summed E-state index contributed by atoms with van der Waals surface area (Å²) >= 11 is 9.01. The first-order valence-corrected chi connectivity index (χ1v) is 10.2. The Labute approximate surface area is 161 Å². The first-order chi connectivity index (χ1) is 12.0. The molecular weight excluding hydrogens is 378 g/mol. The zero-order valence-electron chi connectivity index (χ0n) is 14.5. The maximum Gasteiger partial charge on any atom is 0.233 e. The number of amides is 1. The minimum atomic E-state index is 0.0663. The Kier molecular flexibility index (Phi) is 7.46. The average Bonchev–Trinajstić information content (AvgIpc) is 2.94. The average molecular weight is 400 g/mol. The molecule has 6 nitrogen and oxygen atoms in total. The van der Waals surface area contributed by atoms with Crippen molar-refractivity contribution in [3.8, 4) is 0 Å². The molecule has 136 valence electrons. The largest absolute Gasteiger partial charge is 0.343 e. The number of nitrogens with zero attached hydrogens (tertiary/aromatic N) is 4. The highest BCUT2D eigenvalue weighted by Gasteiger charge is 2.18. The van der Waals surface area contributed by atoms with E-state index >= 15 is 0 Å². The molecule has 1 aromatic heterocycles. The summed E-state index contributed by atoms with van der Waals surface area (Å²) in [7, 11) is 0. The van der Waals surface area contributed by atoms with Crippen LogP contribution in [0.25, 0.3) is 0 Å². The van der Waals surface area contributed by atoms with Crippen LogP contribution in [-0.4, -0.2) is 44.5 Å². The second-order valence-corrected chi connectivity index (χ2v) is 7.93. The molecule has 0 spiro atoms. The second kappa shape index (κ2) is 9.35. The van der Waals surface area contributed by atoms with Crippen LogP contribution in [0.3, 0.4) is 0 Å². The highest BCUT2D eigenvalue weighted by molar-refractivity contribution is 8.00. The van der Waals surface area contributed by atoms with Gasteiger partial charge in [-0.3, -0.25) is 4.79 Å². The lowest BCUT2D eigenvalue weighted by Gasteiger charge is -2.17. The Morgan fingerprint density at radius 2 is 1.92 bits per heavy atom. The van der Waals surface area contributed by atoms with Gasteiger partial charge < -0.3 is 10.7 Å². The number of nitrogen functional groups attached to an aromatic ring is 1. The first-order valence-electron chi connectivity index (χ1n) is 8.00. The fraction of sp³-hybridized carbons (Fsp3) is 0.438. The number of hydrogen-bond donors (Lipinski definition) is 1. The summed E-state index contributed by atoms with van der Waals surface area (Å²) in [6.07, 6.45) is 0. The van der Waals surface area contributed by atoms with Gasteiger partial charge in [-0.2, -0.15) is 0 Å². The highest BCUT2D eigenvalue weighted by atomic mass is 35.5. The standard InChI is InChI=1S/C16H22ClN5OS2/c1-4-21(5-2)14(23)10-24-15-19-20-16(22(15)18)25-11(3)12-8-6-7-9-13(12)17/h6-9,11H,4-5,10,18H2,1-3H3/t11-/m1/s1. The molecule has 1 amide bonds. The maximum absolute atomic E-state index is 12.1. The summed E-state index contributed by atoms with van der Waals surface area (Å²) in [6.45, 7) is 7.35. The molecule has 0 aliphatic heterocycles. The molecule has 0 aliphatic rings. The molecule has 0 aliphatic carbocycles. The minimum Gasteiger partial charge on any atom is -0.343 e. The fourth-order valence-corrected chi connectivity index (χ4v) is 4.38. The number of carbonyl (C=O) groups excluding carboxylic acids is 1. The number of rotatable bonds is 8. The summed E-state index contributed by atoms with van der Waals surface area (Å²) in [4.78, 5) is 13.9. The van der Waals surface area contributed by atoms with Crippen molar-refractivity contribution < 1.29 is 4.79 Å². The Bertz CT molecular complexity index is 720. The number of halogens is 1. The van der Waals surface area contributed by atoms with Gasteiger partial charge in [-0.25, -0.2) is 4.68 Å². The zero-order valence-corrected chi connectivity index (χ0v) is 16.9. The van der Waals surface area contributed by atoms with Gasteiger partial charge in [0.2, 0.25) is 16.2 Å². The van der Waals surface area contributed by atoms with Gasteiger partial charge in [0.25, 0.3) is 0 Å². The van der Waals surface area contributed by atoms with Gasteiger partial charge >= 0.3 is 0 Å². The monoisotopic (exact) mass is 399 g/mol. The van der Waals surface area contributed by atoms with E-state index in [1.54, 1.807) is 4.90 Å². The van der Waals surface area contributed by atoms with Crippen molar-refractivity contribution in [1.82, 2.24) is 19.8 Å². The van der Waals surface area contributed by atoms with E-state index in [1.807, 2.05) is 45.0 Å². The van der Waals surface area contributed by atoms with E-state index in [0.29, 0.717) is 34.2 Å². The molecule has 0 fully saturated rings. The molecule has 9 heteroatoms. The van der Waals surface area contributed by atoms with Crippen LogP contribution in [0.1, 0.15) is 31.6 Å². The van der Waals surface area contributed by atoms with Crippen molar-refractivity contribution in [1.29, 1.82) is 0 Å². The lowest BCUT2D eigenvalue weighted by Crippen LogP contribution is -2.32. The van der Waals surface area contributed by atoms with Crippen LogP contribution >= 0.6 is 35.1 Å². The van der Waals surface area contributed by atoms with Crippen LogP contribution in [0.2, 0.25) is 5.02 Å². The summed E-state index contributed by atoms with van der Waals surface area (Å²) < 4.78 is 1.43. The van der Waals surface area contributed by atoms with Crippen LogP contribution in [0.5, 0.6) is 0 Å². The molecule has 1 atom stereocenters. The molecule has 2 rings (SSSR count). The van der Waals surface area contributed by atoms with E-state index in [0.717, 1.165) is 5.56 Å². The van der Waals surface area contributed by atoms with Crippen molar-refractivity contribution in [2.24, 2.45) is 0 Å². The predicted octanol–water partition coefficient (Wildman–Crippen LogP) is 3.46. The van der Waals surface area contributed by atoms with Gasteiger partial charge in [0.1, 0.15) is 0 Å². The van der Waals surface area contributed by atoms with Gasteiger partial charge in [-0.1, -0.05) is 53.3 Å². The third-order valence-corrected chi connectivity index (χ3v) is 6.07. The predicted molar refractivity (Wildman–Crippen MR) is 105 cm³/mol. The topological polar surface area (TPSA) is 77.0 Å². The van der Waals surface area contributed by atoms with Gasteiger partial charge in [-0.05, 0) is 32.4 Å². The van der Waals surface area contributed by atoms with Gasteiger partial charge in [0.05, 0.1) is 5.75 Å². The van der Waals surface area contributed by atoms with E-state index in [9.17, 15) is 4.79 Å². The van der Waals surface area contributed by atoms with E-state index < -0.39 is 0 Å².